The predicted molar refractivity (Wildman–Crippen MR) is 113 cm³/mol. The van der Waals surface area contributed by atoms with Crippen LogP contribution < -0.4 is 15.0 Å². The Morgan fingerprint density at radius 2 is 1.81 bits per heavy atom. The molecule has 6 nitrogen and oxygen atoms in total. The Balaban J connectivity index is 1.38. The molecule has 0 atom stereocenters. The number of anilines is 1. The van der Waals surface area contributed by atoms with Gasteiger partial charge in [-0.25, -0.2) is 4.98 Å². The lowest BCUT2D eigenvalue weighted by atomic mass is 10.2. The third kappa shape index (κ3) is 6.88. The zero-order valence-corrected chi connectivity index (χ0v) is 18.0. The molecule has 3 rings (SSSR count). The first kappa shape index (κ1) is 23.4. The number of amides is 1. The van der Waals surface area contributed by atoms with Gasteiger partial charge in [0.15, 0.2) is 0 Å². The summed E-state index contributed by atoms with van der Waals surface area (Å²) in [7, 11) is 0. The van der Waals surface area contributed by atoms with E-state index in [0.717, 1.165) is 12.3 Å². The molecule has 1 aliphatic rings. The molecule has 0 aliphatic carbocycles. The fourth-order valence-electron chi connectivity index (χ4n) is 3.09. The summed E-state index contributed by atoms with van der Waals surface area (Å²) < 4.78 is 43.8. The first-order valence-electron chi connectivity index (χ1n) is 9.57. The summed E-state index contributed by atoms with van der Waals surface area (Å²) in [6.07, 6.45) is -3.70. The van der Waals surface area contributed by atoms with E-state index in [2.05, 4.69) is 10.3 Å². The van der Waals surface area contributed by atoms with Gasteiger partial charge < -0.3 is 15.0 Å². The number of ether oxygens (including phenoxy) is 1. The second kappa shape index (κ2) is 10.4. The van der Waals surface area contributed by atoms with E-state index in [1.807, 2.05) is 9.80 Å². The van der Waals surface area contributed by atoms with Crippen molar-refractivity contribution < 1.29 is 22.7 Å². The van der Waals surface area contributed by atoms with Crippen LogP contribution in [0.5, 0.6) is 5.75 Å². The number of piperazine rings is 1. The van der Waals surface area contributed by atoms with E-state index in [9.17, 15) is 18.0 Å². The van der Waals surface area contributed by atoms with Crippen molar-refractivity contribution in [3.05, 3.63) is 52.1 Å². The highest BCUT2D eigenvalue weighted by atomic mass is 35.5. The second-order valence-electron chi connectivity index (χ2n) is 6.94. The molecule has 0 spiro atoms. The van der Waals surface area contributed by atoms with Gasteiger partial charge in [0, 0.05) is 37.4 Å². The maximum atomic E-state index is 12.8. The van der Waals surface area contributed by atoms with E-state index in [-0.39, 0.29) is 17.5 Å². The molecule has 0 bridgehead atoms. The van der Waals surface area contributed by atoms with Gasteiger partial charge in [-0.2, -0.15) is 13.2 Å². The van der Waals surface area contributed by atoms with Gasteiger partial charge in [-0.05, 0) is 30.3 Å². The van der Waals surface area contributed by atoms with Crippen LogP contribution in [0, 0.1) is 0 Å². The number of nitrogens with zero attached hydrogens (tertiary/aromatic N) is 3. The lowest BCUT2D eigenvalue weighted by molar-refractivity contribution is -0.137. The molecule has 2 heterocycles. The van der Waals surface area contributed by atoms with Crippen LogP contribution in [0.3, 0.4) is 0 Å². The summed E-state index contributed by atoms with van der Waals surface area (Å²) in [6.45, 7) is 3.06. The van der Waals surface area contributed by atoms with Crippen LogP contribution in [0.15, 0.2) is 36.5 Å². The summed E-state index contributed by atoms with van der Waals surface area (Å²) in [5, 5.41) is 3.38. The van der Waals surface area contributed by atoms with Crippen molar-refractivity contribution in [2.24, 2.45) is 0 Å². The molecule has 1 aliphatic heterocycles. The largest absolute Gasteiger partial charge is 0.492 e. The standard InChI is InChI=1S/C20H21Cl2F3N4O2/c21-15-1-3-16(4-2-15)31-10-5-26-18(30)13-28-6-8-29(9-7-28)19-17(22)11-14(12-27-19)20(23,24)25/h1-4,11-12H,5-10,13H2,(H,26,30). The van der Waals surface area contributed by atoms with Crippen molar-refractivity contribution >= 4 is 34.9 Å². The van der Waals surface area contributed by atoms with Gasteiger partial charge in [0.25, 0.3) is 0 Å². The van der Waals surface area contributed by atoms with Gasteiger partial charge in [0.2, 0.25) is 5.91 Å². The third-order valence-corrected chi connectivity index (χ3v) is 5.22. The zero-order chi connectivity index (χ0) is 22.4. The van der Waals surface area contributed by atoms with Gasteiger partial charge in [0.05, 0.1) is 23.7 Å². The minimum Gasteiger partial charge on any atom is -0.492 e. The van der Waals surface area contributed by atoms with Crippen LogP contribution in [-0.4, -0.2) is 61.7 Å². The zero-order valence-electron chi connectivity index (χ0n) is 16.5. The SMILES string of the molecule is O=C(CN1CCN(c2ncc(C(F)(F)F)cc2Cl)CC1)NCCOc1ccc(Cl)cc1. The number of hydrogen-bond acceptors (Lipinski definition) is 5. The van der Waals surface area contributed by atoms with Crippen LogP contribution in [0.25, 0.3) is 0 Å². The highest BCUT2D eigenvalue weighted by molar-refractivity contribution is 6.33. The predicted octanol–water partition coefficient (Wildman–Crippen LogP) is 3.72. The normalized spacial score (nSPS) is 15.1. The molecule has 0 unspecified atom stereocenters. The van der Waals surface area contributed by atoms with Crippen LogP contribution in [0.2, 0.25) is 10.0 Å². The number of nitrogens with one attached hydrogen (secondary N) is 1. The topological polar surface area (TPSA) is 57.7 Å². The van der Waals surface area contributed by atoms with Crippen molar-refractivity contribution in [1.29, 1.82) is 0 Å². The van der Waals surface area contributed by atoms with Gasteiger partial charge in [-0.15, -0.1) is 0 Å². The van der Waals surface area contributed by atoms with E-state index in [4.69, 9.17) is 27.9 Å². The first-order chi connectivity index (χ1) is 14.7. The molecule has 0 radical (unpaired) electrons. The number of aromatic nitrogens is 1. The van der Waals surface area contributed by atoms with E-state index >= 15 is 0 Å². The molecule has 11 heteroatoms. The fourth-order valence-corrected chi connectivity index (χ4v) is 3.50. The summed E-state index contributed by atoms with van der Waals surface area (Å²) in [4.78, 5) is 19.8. The molecular weight excluding hydrogens is 456 g/mol. The number of rotatable bonds is 7. The molecule has 1 N–H and O–H groups in total. The second-order valence-corrected chi connectivity index (χ2v) is 7.79. The molecule has 1 saturated heterocycles. The molecule has 0 saturated carbocycles. The number of alkyl halides is 3. The summed E-state index contributed by atoms with van der Waals surface area (Å²) in [6, 6.07) is 7.84. The number of carbonyl (C=O) groups is 1. The average molecular weight is 477 g/mol. The quantitative estimate of drug-likeness (QED) is 0.617. The lowest BCUT2D eigenvalue weighted by Crippen LogP contribution is -2.50. The van der Waals surface area contributed by atoms with Crippen LogP contribution >= 0.6 is 23.2 Å². The van der Waals surface area contributed by atoms with Gasteiger partial charge in [-0.1, -0.05) is 23.2 Å². The lowest BCUT2D eigenvalue weighted by Gasteiger charge is -2.35. The van der Waals surface area contributed by atoms with E-state index in [1.54, 1.807) is 24.3 Å². The third-order valence-electron chi connectivity index (χ3n) is 4.69. The maximum Gasteiger partial charge on any atom is 0.417 e. The molecule has 1 aromatic carbocycles. The number of halogens is 5. The van der Waals surface area contributed by atoms with Crippen molar-refractivity contribution in [2.45, 2.75) is 6.18 Å². The van der Waals surface area contributed by atoms with Crippen LogP contribution in [0.1, 0.15) is 5.56 Å². The summed E-state index contributed by atoms with van der Waals surface area (Å²) >= 11 is 11.8. The highest BCUT2D eigenvalue weighted by Crippen LogP contribution is 2.33. The van der Waals surface area contributed by atoms with Crippen molar-refractivity contribution in [3.63, 3.8) is 0 Å². The number of benzene rings is 1. The van der Waals surface area contributed by atoms with E-state index < -0.39 is 11.7 Å². The van der Waals surface area contributed by atoms with Crippen LogP contribution in [-0.2, 0) is 11.0 Å². The van der Waals surface area contributed by atoms with Crippen molar-refractivity contribution in [3.8, 4) is 5.75 Å². The van der Waals surface area contributed by atoms with Crippen molar-refractivity contribution in [1.82, 2.24) is 15.2 Å². The number of pyridine rings is 1. The van der Waals surface area contributed by atoms with Crippen molar-refractivity contribution in [2.75, 3.05) is 50.8 Å². The molecule has 1 amide bonds. The Morgan fingerprint density at radius 1 is 1.13 bits per heavy atom. The Morgan fingerprint density at radius 3 is 2.42 bits per heavy atom. The Bertz CT molecular complexity index is 889. The van der Waals surface area contributed by atoms with E-state index in [0.29, 0.717) is 55.9 Å². The Hall–Kier alpha value is -2.23. The van der Waals surface area contributed by atoms with Gasteiger partial charge in [0.1, 0.15) is 18.2 Å². The number of carbonyl (C=O) groups excluding carboxylic acids is 1. The maximum absolute atomic E-state index is 12.8. The van der Waals surface area contributed by atoms with Crippen LogP contribution in [0.4, 0.5) is 19.0 Å². The fraction of sp³-hybridized carbons (Fsp3) is 0.400. The summed E-state index contributed by atoms with van der Waals surface area (Å²) in [5.74, 6) is 0.863. The monoisotopic (exact) mass is 476 g/mol. The minimum atomic E-state index is -4.49. The molecule has 2 aromatic rings. The minimum absolute atomic E-state index is 0.0401. The number of hydrogen-bond donors (Lipinski definition) is 1. The molecule has 31 heavy (non-hydrogen) atoms. The average Bonchev–Trinajstić information content (AvgIpc) is 2.72. The highest BCUT2D eigenvalue weighted by Gasteiger charge is 2.32. The first-order valence-corrected chi connectivity index (χ1v) is 10.3. The van der Waals surface area contributed by atoms with E-state index in [1.165, 1.54) is 0 Å². The molecule has 1 aromatic heterocycles. The molecule has 1 fully saturated rings. The Kier molecular flexibility index (Phi) is 7.85. The summed E-state index contributed by atoms with van der Waals surface area (Å²) in [5.41, 5.74) is -0.878. The Labute approximate surface area is 187 Å². The van der Waals surface area contributed by atoms with Gasteiger partial charge >= 0.3 is 6.18 Å². The molecular formula is C20H21Cl2F3N4O2. The van der Waals surface area contributed by atoms with Gasteiger partial charge in [-0.3, -0.25) is 9.69 Å². The molecule has 168 valence electrons. The smallest absolute Gasteiger partial charge is 0.417 e.